The maximum atomic E-state index is 5.90. The second-order valence-electron chi connectivity index (χ2n) is 4.38. The third kappa shape index (κ3) is 2.81. The lowest BCUT2D eigenvalue weighted by Gasteiger charge is -2.09. The van der Waals surface area contributed by atoms with Gasteiger partial charge in [-0.2, -0.15) is 5.10 Å². The van der Waals surface area contributed by atoms with Crippen molar-refractivity contribution < 1.29 is 4.74 Å². The molecule has 0 aromatic carbocycles. The fourth-order valence-corrected chi connectivity index (χ4v) is 2.09. The molecule has 0 aliphatic rings. The number of pyridine rings is 1. The highest BCUT2D eigenvalue weighted by atomic mass is 35.5. The highest BCUT2D eigenvalue weighted by Crippen LogP contribution is 2.23. The van der Waals surface area contributed by atoms with Crippen molar-refractivity contribution in [3.8, 4) is 5.88 Å². The molecule has 2 heterocycles. The number of anilines is 1. The summed E-state index contributed by atoms with van der Waals surface area (Å²) in [5.74, 6) is 0.767. The lowest BCUT2D eigenvalue weighted by Crippen LogP contribution is -2.03. The van der Waals surface area contributed by atoms with Crippen LogP contribution in [0.3, 0.4) is 0 Å². The molecule has 2 rings (SSSR count). The number of methoxy groups -OCH3 is 1. The van der Waals surface area contributed by atoms with Gasteiger partial charge in [-0.3, -0.25) is 0 Å². The molecule has 5 nitrogen and oxygen atoms in total. The van der Waals surface area contributed by atoms with Crippen LogP contribution in [0, 0.1) is 13.8 Å². The summed E-state index contributed by atoms with van der Waals surface area (Å²) in [6.07, 6.45) is 1.72. The van der Waals surface area contributed by atoms with Gasteiger partial charge in [-0.15, -0.1) is 0 Å². The Balaban J connectivity index is 2.16. The number of nitrogens with one attached hydrogen (secondary N) is 1. The van der Waals surface area contributed by atoms with Crippen LogP contribution in [0.5, 0.6) is 5.88 Å². The van der Waals surface area contributed by atoms with Gasteiger partial charge in [-0.05, 0) is 25.5 Å². The van der Waals surface area contributed by atoms with E-state index < -0.39 is 0 Å². The zero-order valence-electron chi connectivity index (χ0n) is 11.5. The molecule has 0 spiro atoms. The van der Waals surface area contributed by atoms with Gasteiger partial charge in [0.15, 0.2) is 0 Å². The van der Waals surface area contributed by atoms with Gasteiger partial charge in [-0.25, -0.2) is 9.67 Å². The van der Waals surface area contributed by atoms with E-state index in [2.05, 4.69) is 15.4 Å². The van der Waals surface area contributed by atoms with Crippen molar-refractivity contribution in [3.05, 3.63) is 34.2 Å². The van der Waals surface area contributed by atoms with E-state index in [1.165, 1.54) is 0 Å². The third-order valence-corrected chi connectivity index (χ3v) is 3.36. The van der Waals surface area contributed by atoms with Gasteiger partial charge in [-0.1, -0.05) is 11.6 Å². The van der Waals surface area contributed by atoms with Crippen LogP contribution in [-0.2, 0) is 13.6 Å². The van der Waals surface area contributed by atoms with E-state index >= 15 is 0 Å². The van der Waals surface area contributed by atoms with Crippen molar-refractivity contribution in [2.24, 2.45) is 7.05 Å². The summed E-state index contributed by atoms with van der Waals surface area (Å²) in [6, 6.07) is 1.97. The smallest absolute Gasteiger partial charge is 0.216 e. The number of aromatic nitrogens is 3. The summed E-state index contributed by atoms with van der Waals surface area (Å²) in [7, 11) is 3.51. The molecule has 0 aliphatic heterocycles. The van der Waals surface area contributed by atoms with E-state index in [0.29, 0.717) is 11.7 Å². The van der Waals surface area contributed by atoms with E-state index in [1.54, 1.807) is 18.0 Å². The highest BCUT2D eigenvalue weighted by Gasteiger charge is 2.13. The normalized spacial score (nSPS) is 10.6. The summed E-state index contributed by atoms with van der Waals surface area (Å²) >= 11 is 5.90. The molecule has 102 valence electrons. The third-order valence-electron chi connectivity index (χ3n) is 2.97. The predicted molar refractivity (Wildman–Crippen MR) is 75.8 cm³/mol. The molecule has 0 aliphatic carbocycles. The van der Waals surface area contributed by atoms with E-state index in [4.69, 9.17) is 16.3 Å². The Labute approximate surface area is 117 Å². The second kappa shape index (κ2) is 5.48. The van der Waals surface area contributed by atoms with Gasteiger partial charge in [0.25, 0.3) is 0 Å². The first-order valence-corrected chi connectivity index (χ1v) is 6.33. The monoisotopic (exact) mass is 280 g/mol. The summed E-state index contributed by atoms with van der Waals surface area (Å²) < 4.78 is 7.09. The minimum atomic E-state index is 0.528. The summed E-state index contributed by atoms with van der Waals surface area (Å²) in [5.41, 5.74) is 3.86. The van der Waals surface area contributed by atoms with Crippen molar-refractivity contribution in [2.75, 3.05) is 12.4 Å². The molecule has 0 fully saturated rings. The van der Waals surface area contributed by atoms with E-state index in [1.807, 2.05) is 27.0 Å². The van der Waals surface area contributed by atoms with Crippen LogP contribution in [0.25, 0.3) is 0 Å². The quantitative estimate of drug-likeness (QED) is 0.875. The molecule has 6 heteroatoms. The zero-order valence-corrected chi connectivity index (χ0v) is 12.2. The molecular weight excluding hydrogens is 264 g/mol. The van der Waals surface area contributed by atoms with Crippen molar-refractivity contribution in [1.82, 2.24) is 14.8 Å². The number of halogens is 1. The Hall–Kier alpha value is -1.75. The lowest BCUT2D eigenvalue weighted by atomic mass is 10.2. The van der Waals surface area contributed by atoms with Crippen LogP contribution >= 0.6 is 11.6 Å². The predicted octanol–water partition coefficient (Wildman–Crippen LogP) is 2.71. The minimum absolute atomic E-state index is 0.528. The molecule has 0 unspecified atom stereocenters. The molecule has 0 atom stereocenters. The van der Waals surface area contributed by atoms with Crippen molar-refractivity contribution in [2.45, 2.75) is 20.4 Å². The van der Waals surface area contributed by atoms with Gasteiger partial charge in [0, 0.05) is 13.6 Å². The largest absolute Gasteiger partial charge is 0.481 e. The van der Waals surface area contributed by atoms with Crippen LogP contribution in [0.15, 0.2) is 12.3 Å². The van der Waals surface area contributed by atoms with Crippen LogP contribution in [0.2, 0.25) is 5.15 Å². The Morgan fingerprint density at radius 2 is 2.16 bits per heavy atom. The van der Waals surface area contributed by atoms with E-state index in [9.17, 15) is 0 Å². The summed E-state index contributed by atoms with van der Waals surface area (Å²) in [4.78, 5) is 4.11. The van der Waals surface area contributed by atoms with E-state index in [0.717, 1.165) is 28.4 Å². The lowest BCUT2D eigenvalue weighted by molar-refractivity contribution is 0.370. The molecule has 19 heavy (non-hydrogen) atoms. The number of nitrogens with zero attached hydrogens (tertiary/aromatic N) is 3. The first-order chi connectivity index (χ1) is 9.02. The Morgan fingerprint density at radius 3 is 2.79 bits per heavy atom. The van der Waals surface area contributed by atoms with Gasteiger partial charge >= 0.3 is 0 Å². The van der Waals surface area contributed by atoms with Crippen molar-refractivity contribution in [1.29, 1.82) is 0 Å². The number of hydrogen-bond donors (Lipinski definition) is 1. The van der Waals surface area contributed by atoms with Crippen molar-refractivity contribution in [3.63, 3.8) is 0 Å². The average molecular weight is 281 g/mol. The zero-order chi connectivity index (χ0) is 14.0. The van der Waals surface area contributed by atoms with Gasteiger partial charge in [0.1, 0.15) is 5.15 Å². The fourth-order valence-electron chi connectivity index (χ4n) is 1.98. The standard InChI is InChI=1S/C13H17ClN4O/c1-8-5-10(6-16-12(8)14)15-7-11-9(2)17-18(3)13(11)19-4/h5-6,15H,7H2,1-4H3. The van der Waals surface area contributed by atoms with Gasteiger partial charge in [0.2, 0.25) is 5.88 Å². The molecule has 0 amide bonds. The topological polar surface area (TPSA) is 52.0 Å². The molecule has 0 saturated heterocycles. The molecular formula is C13H17ClN4O. The average Bonchev–Trinajstić information content (AvgIpc) is 2.64. The number of hydrogen-bond acceptors (Lipinski definition) is 4. The number of ether oxygens (including phenoxy) is 1. The van der Waals surface area contributed by atoms with Crippen LogP contribution in [0.4, 0.5) is 5.69 Å². The molecule has 0 bridgehead atoms. The molecule has 1 N–H and O–H groups in total. The number of rotatable bonds is 4. The maximum Gasteiger partial charge on any atom is 0.216 e. The van der Waals surface area contributed by atoms with Crippen LogP contribution in [-0.4, -0.2) is 21.9 Å². The Kier molecular flexibility index (Phi) is 3.95. The maximum absolute atomic E-state index is 5.90. The Morgan fingerprint density at radius 1 is 1.42 bits per heavy atom. The number of aryl methyl sites for hydroxylation is 3. The molecule has 2 aromatic rings. The first-order valence-electron chi connectivity index (χ1n) is 5.95. The minimum Gasteiger partial charge on any atom is -0.481 e. The molecule has 0 radical (unpaired) electrons. The van der Waals surface area contributed by atoms with Gasteiger partial charge in [0.05, 0.1) is 30.3 Å². The van der Waals surface area contributed by atoms with Gasteiger partial charge < -0.3 is 10.1 Å². The fraction of sp³-hybridized carbons (Fsp3) is 0.385. The Bertz CT molecular complexity index is 595. The SMILES string of the molecule is COc1c(CNc2cnc(Cl)c(C)c2)c(C)nn1C. The molecule has 2 aromatic heterocycles. The summed E-state index contributed by atoms with van der Waals surface area (Å²) in [5, 5.41) is 8.17. The molecule has 0 saturated carbocycles. The first kappa shape index (κ1) is 13.7. The van der Waals surface area contributed by atoms with E-state index in [-0.39, 0.29) is 0 Å². The highest BCUT2D eigenvalue weighted by molar-refractivity contribution is 6.30. The second-order valence-corrected chi connectivity index (χ2v) is 4.74. The van der Waals surface area contributed by atoms with Crippen LogP contribution < -0.4 is 10.1 Å². The van der Waals surface area contributed by atoms with Crippen molar-refractivity contribution >= 4 is 17.3 Å². The van der Waals surface area contributed by atoms with Crippen LogP contribution in [0.1, 0.15) is 16.8 Å². The summed E-state index contributed by atoms with van der Waals surface area (Å²) in [6.45, 7) is 4.52.